The zero-order valence-corrected chi connectivity index (χ0v) is 16.8. The second-order valence-corrected chi connectivity index (χ2v) is 7.30. The molecule has 0 aromatic heterocycles. The predicted octanol–water partition coefficient (Wildman–Crippen LogP) is 5.38. The number of ether oxygens (including phenoxy) is 3. The molecule has 5 nitrogen and oxygen atoms in total. The first kappa shape index (κ1) is 22.1. The number of aliphatic carboxylic acids is 1. The van der Waals surface area contributed by atoms with Crippen molar-refractivity contribution in [3.05, 3.63) is 52.5 Å². The van der Waals surface area contributed by atoms with Crippen molar-refractivity contribution in [3.8, 4) is 17.2 Å². The van der Waals surface area contributed by atoms with Gasteiger partial charge in [0, 0.05) is 18.4 Å². The van der Waals surface area contributed by atoms with Crippen LogP contribution in [0.5, 0.6) is 17.2 Å². The van der Waals surface area contributed by atoms with Gasteiger partial charge in [0.1, 0.15) is 17.2 Å². The Morgan fingerprint density at radius 2 is 1.93 bits per heavy atom. The van der Waals surface area contributed by atoms with Crippen LogP contribution in [-0.2, 0) is 17.4 Å². The Morgan fingerprint density at radius 3 is 2.57 bits per heavy atom. The summed E-state index contributed by atoms with van der Waals surface area (Å²) in [6.07, 6.45) is -3.38. The molecule has 0 spiro atoms. The number of halogens is 4. The fourth-order valence-electron chi connectivity index (χ4n) is 3.13. The number of alkyl halides is 3. The van der Waals surface area contributed by atoms with E-state index in [4.69, 9.17) is 25.8 Å². The maximum absolute atomic E-state index is 12.6. The summed E-state index contributed by atoms with van der Waals surface area (Å²) in [6.45, 7) is 2.27. The first-order valence-corrected chi connectivity index (χ1v) is 9.70. The Balaban J connectivity index is 1.49. The van der Waals surface area contributed by atoms with Crippen molar-refractivity contribution >= 4 is 17.6 Å². The fraction of sp³-hybridized carbons (Fsp3) is 0.381. The third-order valence-corrected chi connectivity index (χ3v) is 5.14. The summed E-state index contributed by atoms with van der Waals surface area (Å²) in [5.74, 6) is 0.278. The smallest absolute Gasteiger partial charge is 0.416 e. The second-order valence-electron chi connectivity index (χ2n) is 6.89. The van der Waals surface area contributed by atoms with Crippen LogP contribution in [-0.4, -0.2) is 29.9 Å². The topological polar surface area (TPSA) is 65.0 Å². The highest BCUT2D eigenvalue weighted by Crippen LogP contribution is 2.39. The standard InChI is InChI=1S/C21H20ClF3O5/c1-2-20(19(26)27)12-13-10-15(5-7-17(13)30-20)28-8-3-9-29-18-6-4-14(11-16(18)22)21(23,24)25/h4-7,10-11H,2-3,8-9,12H2,1H3,(H,26,27)/t20-/m0/s1. The van der Waals surface area contributed by atoms with E-state index in [9.17, 15) is 23.1 Å². The summed E-state index contributed by atoms with van der Waals surface area (Å²) < 4.78 is 54.7. The van der Waals surface area contributed by atoms with E-state index in [2.05, 4.69) is 0 Å². The molecule has 1 N–H and O–H groups in total. The Morgan fingerprint density at radius 1 is 1.20 bits per heavy atom. The molecule has 30 heavy (non-hydrogen) atoms. The van der Waals surface area contributed by atoms with Crippen molar-refractivity contribution in [1.29, 1.82) is 0 Å². The molecule has 0 amide bonds. The van der Waals surface area contributed by atoms with Gasteiger partial charge in [0.2, 0.25) is 5.60 Å². The van der Waals surface area contributed by atoms with Gasteiger partial charge < -0.3 is 19.3 Å². The van der Waals surface area contributed by atoms with Gasteiger partial charge in [-0.1, -0.05) is 18.5 Å². The van der Waals surface area contributed by atoms with E-state index in [1.807, 2.05) is 0 Å². The molecule has 0 bridgehead atoms. The minimum atomic E-state index is -4.46. The fourth-order valence-corrected chi connectivity index (χ4v) is 3.37. The largest absolute Gasteiger partial charge is 0.493 e. The van der Waals surface area contributed by atoms with Gasteiger partial charge in [0.25, 0.3) is 0 Å². The molecular weight excluding hydrogens is 425 g/mol. The van der Waals surface area contributed by atoms with Crippen LogP contribution in [0.25, 0.3) is 0 Å². The third-order valence-electron chi connectivity index (χ3n) is 4.85. The lowest BCUT2D eigenvalue weighted by molar-refractivity contribution is -0.154. The molecule has 3 rings (SSSR count). The quantitative estimate of drug-likeness (QED) is 0.554. The van der Waals surface area contributed by atoms with Crippen molar-refractivity contribution in [2.45, 2.75) is 38.0 Å². The second kappa shape index (κ2) is 8.63. The van der Waals surface area contributed by atoms with Crippen LogP contribution >= 0.6 is 11.6 Å². The van der Waals surface area contributed by atoms with Gasteiger partial charge in [-0.05, 0) is 42.8 Å². The lowest BCUT2D eigenvalue weighted by Gasteiger charge is -2.21. The summed E-state index contributed by atoms with van der Waals surface area (Å²) in [7, 11) is 0. The summed E-state index contributed by atoms with van der Waals surface area (Å²) in [5.41, 5.74) is -1.31. The molecule has 9 heteroatoms. The van der Waals surface area contributed by atoms with Crippen LogP contribution in [0.4, 0.5) is 13.2 Å². The van der Waals surface area contributed by atoms with E-state index < -0.39 is 23.3 Å². The molecule has 0 aliphatic carbocycles. The monoisotopic (exact) mass is 444 g/mol. The predicted molar refractivity (Wildman–Crippen MR) is 103 cm³/mol. The van der Waals surface area contributed by atoms with Crippen molar-refractivity contribution in [2.75, 3.05) is 13.2 Å². The van der Waals surface area contributed by atoms with Crippen LogP contribution in [0.3, 0.4) is 0 Å². The first-order valence-electron chi connectivity index (χ1n) is 9.32. The van der Waals surface area contributed by atoms with E-state index in [0.29, 0.717) is 30.9 Å². The Hall–Kier alpha value is -2.61. The van der Waals surface area contributed by atoms with Gasteiger partial charge in [0.15, 0.2) is 0 Å². The molecule has 1 atom stereocenters. The van der Waals surface area contributed by atoms with E-state index in [1.54, 1.807) is 25.1 Å². The average molecular weight is 445 g/mol. The van der Waals surface area contributed by atoms with E-state index in [-0.39, 0.29) is 23.8 Å². The molecule has 0 saturated heterocycles. The number of hydrogen-bond donors (Lipinski definition) is 1. The van der Waals surface area contributed by atoms with Crippen LogP contribution in [0.2, 0.25) is 5.02 Å². The van der Waals surface area contributed by atoms with Crippen molar-refractivity contribution in [2.24, 2.45) is 0 Å². The van der Waals surface area contributed by atoms with E-state index in [1.165, 1.54) is 6.07 Å². The van der Waals surface area contributed by atoms with Gasteiger partial charge >= 0.3 is 12.1 Å². The first-order chi connectivity index (χ1) is 14.1. The number of fused-ring (bicyclic) bond motifs is 1. The highest BCUT2D eigenvalue weighted by atomic mass is 35.5. The van der Waals surface area contributed by atoms with Gasteiger partial charge in [-0.25, -0.2) is 4.79 Å². The van der Waals surface area contributed by atoms with Crippen LogP contribution < -0.4 is 14.2 Å². The van der Waals surface area contributed by atoms with Crippen LogP contribution in [0, 0.1) is 0 Å². The highest BCUT2D eigenvalue weighted by molar-refractivity contribution is 6.32. The maximum Gasteiger partial charge on any atom is 0.416 e. The number of benzene rings is 2. The number of carboxylic acids is 1. The SMILES string of the molecule is CC[C@@]1(C(=O)O)Cc2cc(OCCCOc3ccc(C(F)(F)F)cc3Cl)ccc2O1. The normalized spacial score (nSPS) is 17.9. The van der Waals surface area contributed by atoms with Crippen molar-refractivity contribution < 1.29 is 37.3 Å². The minimum absolute atomic E-state index is 0.109. The molecule has 1 aliphatic heterocycles. The molecule has 0 radical (unpaired) electrons. The zero-order chi connectivity index (χ0) is 21.9. The average Bonchev–Trinajstić information content (AvgIpc) is 3.07. The highest BCUT2D eigenvalue weighted by Gasteiger charge is 2.45. The summed E-state index contributed by atoms with van der Waals surface area (Å²) in [6, 6.07) is 8.06. The van der Waals surface area contributed by atoms with Gasteiger partial charge in [-0.15, -0.1) is 0 Å². The zero-order valence-electron chi connectivity index (χ0n) is 16.1. The molecule has 1 aliphatic rings. The molecule has 1 heterocycles. The lowest BCUT2D eigenvalue weighted by atomic mass is 9.94. The van der Waals surface area contributed by atoms with Crippen molar-refractivity contribution in [1.82, 2.24) is 0 Å². The van der Waals surface area contributed by atoms with Gasteiger partial charge in [0.05, 0.1) is 23.8 Å². The lowest BCUT2D eigenvalue weighted by Crippen LogP contribution is -2.42. The molecule has 0 saturated carbocycles. The number of rotatable bonds is 8. The minimum Gasteiger partial charge on any atom is -0.493 e. The Kier molecular flexibility index (Phi) is 6.36. The summed E-state index contributed by atoms with van der Waals surface area (Å²) >= 11 is 5.85. The third kappa shape index (κ3) is 4.75. The van der Waals surface area contributed by atoms with Crippen LogP contribution in [0.1, 0.15) is 30.9 Å². The molecule has 0 fully saturated rings. The summed E-state index contributed by atoms with van der Waals surface area (Å²) in [5, 5.41) is 9.33. The maximum atomic E-state index is 12.6. The number of carboxylic acid groups (broad SMARTS) is 1. The van der Waals surface area contributed by atoms with Gasteiger partial charge in [-0.3, -0.25) is 0 Å². The van der Waals surface area contributed by atoms with Gasteiger partial charge in [-0.2, -0.15) is 13.2 Å². The molecule has 2 aromatic rings. The van der Waals surface area contributed by atoms with Crippen LogP contribution in [0.15, 0.2) is 36.4 Å². The summed E-state index contributed by atoms with van der Waals surface area (Å²) in [4.78, 5) is 11.5. The molecular formula is C21H20ClF3O5. The Labute approximate surface area is 176 Å². The van der Waals surface area contributed by atoms with E-state index in [0.717, 1.165) is 17.7 Å². The van der Waals surface area contributed by atoms with Crippen molar-refractivity contribution in [3.63, 3.8) is 0 Å². The molecule has 162 valence electrons. The number of carbonyl (C=O) groups is 1. The van der Waals surface area contributed by atoms with E-state index >= 15 is 0 Å². The molecule has 2 aromatic carbocycles. The molecule has 0 unspecified atom stereocenters. The number of hydrogen-bond acceptors (Lipinski definition) is 4. The Bertz CT molecular complexity index is 931.